The Labute approximate surface area is 170 Å². The van der Waals surface area contributed by atoms with E-state index < -0.39 is 0 Å². The molecule has 0 aromatic heterocycles. The number of allylic oxidation sites excluding steroid dienone is 1. The number of benzene rings is 3. The van der Waals surface area contributed by atoms with E-state index in [0.717, 1.165) is 38.5 Å². The Morgan fingerprint density at radius 1 is 0.786 bits per heavy atom. The Hall–Kier alpha value is -3.11. The summed E-state index contributed by atoms with van der Waals surface area (Å²) in [7, 11) is 3.28. The molecule has 0 fully saturated rings. The molecule has 0 heterocycles. The van der Waals surface area contributed by atoms with Crippen molar-refractivity contribution in [3.63, 3.8) is 0 Å². The predicted molar refractivity (Wildman–Crippen MR) is 119 cm³/mol. The van der Waals surface area contributed by atoms with Gasteiger partial charge in [0, 0.05) is 22.4 Å². The maximum atomic E-state index is 5.86. The van der Waals surface area contributed by atoms with Gasteiger partial charge in [-0.2, -0.15) is 0 Å². The molecule has 0 unspecified atom stereocenters. The third kappa shape index (κ3) is 3.16. The molecule has 4 heteroatoms. The first-order chi connectivity index (χ1) is 13.6. The van der Waals surface area contributed by atoms with Crippen molar-refractivity contribution in [1.82, 2.24) is 0 Å². The topological polar surface area (TPSA) is 30.5 Å². The van der Waals surface area contributed by atoms with E-state index in [4.69, 9.17) is 21.7 Å². The van der Waals surface area contributed by atoms with Gasteiger partial charge in [0.15, 0.2) is 11.5 Å². The summed E-state index contributed by atoms with van der Waals surface area (Å²) in [4.78, 5) is 0.831. The fourth-order valence-electron chi connectivity index (χ4n) is 3.46. The van der Waals surface area contributed by atoms with Crippen LogP contribution in [0.25, 0.3) is 11.3 Å². The lowest BCUT2D eigenvalue weighted by Crippen LogP contribution is -2.01. The van der Waals surface area contributed by atoms with E-state index >= 15 is 0 Å². The van der Waals surface area contributed by atoms with E-state index in [-0.39, 0.29) is 0 Å². The van der Waals surface area contributed by atoms with Gasteiger partial charge in [0.25, 0.3) is 0 Å². The van der Waals surface area contributed by atoms with Gasteiger partial charge >= 0.3 is 0 Å². The van der Waals surface area contributed by atoms with Crippen LogP contribution < -0.4 is 14.8 Å². The van der Waals surface area contributed by atoms with Crippen LogP contribution in [-0.2, 0) is 0 Å². The Morgan fingerprint density at radius 2 is 1.46 bits per heavy atom. The van der Waals surface area contributed by atoms with Gasteiger partial charge in [-0.3, -0.25) is 0 Å². The fraction of sp³-hybridized carbons (Fsp3) is 0.125. The number of fused-ring (bicyclic) bond motifs is 1. The van der Waals surface area contributed by atoms with Gasteiger partial charge in [0.05, 0.1) is 24.8 Å². The van der Waals surface area contributed by atoms with Crippen LogP contribution in [0.3, 0.4) is 0 Å². The zero-order chi connectivity index (χ0) is 19.7. The van der Waals surface area contributed by atoms with E-state index in [0.29, 0.717) is 11.5 Å². The minimum atomic E-state index is 0.681. The van der Waals surface area contributed by atoms with E-state index in [1.54, 1.807) is 14.2 Å². The van der Waals surface area contributed by atoms with Crippen LogP contribution >= 0.6 is 12.2 Å². The third-order valence-corrected chi connectivity index (χ3v) is 5.34. The van der Waals surface area contributed by atoms with Crippen LogP contribution in [0, 0.1) is 6.92 Å². The molecule has 1 aliphatic rings. The van der Waals surface area contributed by atoms with Gasteiger partial charge in [-0.25, -0.2) is 0 Å². The molecule has 0 bridgehead atoms. The first-order valence-electron chi connectivity index (χ1n) is 9.07. The second-order valence-electron chi connectivity index (χ2n) is 6.69. The molecule has 3 aromatic carbocycles. The van der Waals surface area contributed by atoms with Gasteiger partial charge in [0.1, 0.15) is 0 Å². The molecule has 28 heavy (non-hydrogen) atoms. The number of hydrogen-bond donors (Lipinski definition) is 1. The number of anilines is 1. The van der Waals surface area contributed by atoms with Crippen LogP contribution in [0.1, 0.15) is 22.3 Å². The van der Waals surface area contributed by atoms with Crippen LogP contribution in [0.4, 0.5) is 5.69 Å². The first-order valence-corrected chi connectivity index (χ1v) is 9.47. The number of rotatable bonds is 5. The molecule has 0 saturated heterocycles. The van der Waals surface area contributed by atoms with Crippen molar-refractivity contribution in [3.05, 3.63) is 89.0 Å². The van der Waals surface area contributed by atoms with E-state index in [9.17, 15) is 0 Å². The van der Waals surface area contributed by atoms with Gasteiger partial charge in [-0.15, -0.1) is 0 Å². The molecule has 3 aromatic rings. The van der Waals surface area contributed by atoms with Crippen molar-refractivity contribution < 1.29 is 9.47 Å². The second kappa shape index (κ2) is 7.49. The smallest absolute Gasteiger partial charge is 0.161 e. The molecule has 3 nitrogen and oxygen atoms in total. The summed E-state index contributed by atoms with van der Waals surface area (Å²) >= 11 is 5.86. The van der Waals surface area contributed by atoms with Crippen LogP contribution in [-0.4, -0.2) is 19.1 Å². The average molecular weight is 388 g/mol. The minimum Gasteiger partial charge on any atom is -0.493 e. The van der Waals surface area contributed by atoms with Gasteiger partial charge in [0.2, 0.25) is 0 Å². The quantitative estimate of drug-likeness (QED) is 0.567. The summed E-state index contributed by atoms with van der Waals surface area (Å²) in [5.41, 5.74) is 7.43. The van der Waals surface area contributed by atoms with Crippen molar-refractivity contribution in [2.45, 2.75) is 6.92 Å². The maximum Gasteiger partial charge on any atom is 0.161 e. The largest absolute Gasteiger partial charge is 0.493 e. The van der Waals surface area contributed by atoms with Crippen LogP contribution in [0.5, 0.6) is 11.5 Å². The Kier molecular flexibility index (Phi) is 4.88. The molecule has 140 valence electrons. The SMILES string of the molecule is COc1ccc(C2=C(Nc3ccc(C)cc3)c3ccccc3C2=S)cc1OC. The standard InChI is InChI=1S/C24H21NO2S/c1-15-8-11-17(12-9-15)25-23-18-6-4-5-7-19(18)24(28)22(23)16-10-13-20(26-2)21(14-16)27-3/h4-14,25H,1-3H3. The van der Waals surface area contributed by atoms with Crippen molar-refractivity contribution in [2.24, 2.45) is 0 Å². The molecule has 0 radical (unpaired) electrons. The highest BCUT2D eigenvalue weighted by molar-refractivity contribution is 7.82. The molecule has 0 spiro atoms. The lowest BCUT2D eigenvalue weighted by Gasteiger charge is -2.14. The molecule has 1 N–H and O–H groups in total. The summed E-state index contributed by atoms with van der Waals surface area (Å²) in [5, 5.41) is 3.59. The van der Waals surface area contributed by atoms with Crippen molar-refractivity contribution >= 4 is 34.0 Å². The number of nitrogens with one attached hydrogen (secondary N) is 1. The maximum absolute atomic E-state index is 5.86. The number of hydrogen-bond acceptors (Lipinski definition) is 4. The number of aryl methyl sites for hydroxylation is 1. The highest BCUT2D eigenvalue weighted by Gasteiger charge is 2.28. The number of ether oxygens (including phenoxy) is 2. The molecule has 0 aliphatic heterocycles. The first kappa shape index (κ1) is 18.3. The predicted octanol–water partition coefficient (Wildman–Crippen LogP) is 5.72. The van der Waals surface area contributed by atoms with E-state index in [1.165, 1.54) is 5.56 Å². The molecule has 0 saturated carbocycles. The zero-order valence-corrected chi connectivity index (χ0v) is 16.9. The summed E-state index contributed by atoms with van der Waals surface area (Å²) < 4.78 is 10.9. The molecule has 1 aliphatic carbocycles. The number of thiocarbonyl (C=S) groups is 1. The summed E-state index contributed by atoms with van der Waals surface area (Å²) in [6.07, 6.45) is 0. The fourth-order valence-corrected chi connectivity index (χ4v) is 3.86. The zero-order valence-electron chi connectivity index (χ0n) is 16.1. The normalized spacial score (nSPS) is 12.8. The van der Waals surface area contributed by atoms with Crippen LogP contribution in [0.2, 0.25) is 0 Å². The summed E-state index contributed by atoms with van der Waals surface area (Å²) in [5.74, 6) is 1.38. The molecular formula is C24H21NO2S. The van der Waals surface area contributed by atoms with Gasteiger partial charge in [-0.1, -0.05) is 60.2 Å². The van der Waals surface area contributed by atoms with E-state index in [1.807, 2.05) is 30.3 Å². The van der Waals surface area contributed by atoms with Crippen molar-refractivity contribution in [1.29, 1.82) is 0 Å². The molecule has 0 amide bonds. The third-order valence-electron chi connectivity index (χ3n) is 4.91. The lowest BCUT2D eigenvalue weighted by atomic mass is 10.0. The van der Waals surface area contributed by atoms with Crippen molar-refractivity contribution in [2.75, 3.05) is 19.5 Å². The second-order valence-corrected chi connectivity index (χ2v) is 7.09. The van der Waals surface area contributed by atoms with E-state index in [2.05, 4.69) is 48.6 Å². The minimum absolute atomic E-state index is 0.681. The Balaban J connectivity index is 1.87. The lowest BCUT2D eigenvalue weighted by molar-refractivity contribution is 0.355. The van der Waals surface area contributed by atoms with Crippen molar-refractivity contribution in [3.8, 4) is 11.5 Å². The highest BCUT2D eigenvalue weighted by Crippen LogP contribution is 2.41. The monoisotopic (exact) mass is 387 g/mol. The molecule has 0 atom stereocenters. The molecular weight excluding hydrogens is 366 g/mol. The number of methoxy groups -OCH3 is 2. The Bertz CT molecular complexity index is 1080. The Morgan fingerprint density at radius 3 is 2.14 bits per heavy atom. The average Bonchev–Trinajstić information content (AvgIpc) is 3.01. The highest BCUT2D eigenvalue weighted by atomic mass is 32.1. The van der Waals surface area contributed by atoms with Crippen LogP contribution in [0.15, 0.2) is 66.7 Å². The summed E-state index contributed by atoms with van der Waals surface area (Å²) in [6, 6.07) is 22.5. The van der Waals surface area contributed by atoms with Gasteiger partial charge in [-0.05, 0) is 36.8 Å². The summed E-state index contributed by atoms with van der Waals surface area (Å²) in [6.45, 7) is 2.08. The molecule has 4 rings (SSSR count). The van der Waals surface area contributed by atoms with Gasteiger partial charge < -0.3 is 14.8 Å².